The summed E-state index contributed by atoms with van der Waals surface area (Å²) in [7, 11) is 0. The number of aliphatic carboxylic acids is 1. The quantitative estimate of drug-likeness (QED) is 0.118. The summed E-state index contributed by atoms with van der Waals surface area (Å²) in [6.07, 6.45) is -0.837. The largest absolute Gasteiger partial charge is 0.490 e. The number of amides is 4. The van der Waals surface area contributed by atoms with Crippen LogP contribution in [0.25, 0.3) is 0 Å². The van der Waals surface area contributed by atoms with Gasteiger partial charge in [0.2, 0.25) is 23.6 Å². The van der Waals surface area contributed by atoms with E-state index in [9.17, 15) is 37.1 Å². The third-order valence-electron chi connectivity index (χ3n) is 8.21. The Hall–Kier alpha value is -4.70. The molecule has 4 amide bonds. The first-order valence-electron chi connectivity index (χ1n) is 17.0. The van der Waals surface area contributed by atoms with Crippen molar-refractivity contribution in [2.45, 2.75) is 109 Å². The summed E-state index contributed by atoms with van der Waals surface area (Å²) in [5, 5.41) is 18.6. The summed E-state index contributed by atoms with van der Waals surface area (Å²) in [6.45, 7) is 7.69. The van der Waals surface area contributed by atoms with Gasteiger partial charge in [-0.2, -0.15) is 13.2 Å². The van der Waals surface area contributed by atoms with Gasteiger partial charge in [0.05, 0.1) is 5.54 Å². The first-order chi connectivity index (χ1) is 23.8. The number of rotatable bonds is 8. The van der Waals surface area contributed by atoms with Crippen LogP contribution < -0.4 is 32.7 Å². The maximum Gasteiger partial charge on any atom is 0.490 e. The number of hydrogen-bond donors (Lipinski definition) is 7. The Bertz CT molecular complexity index is 1360. The zero-order valence-electron chi connectivity index (χ0n) is 29.6. The number of carbonyl (C=O) groups excluding carboxylic acids is 5. The van der Waals surface area contributed by atoms with Gasteiger partial charge in [-0.05, 0) is 44.6 Å². The van der Waals surface area contributed by atoms with Crippen molar-refractivity contribution >= 4 is 41.3 Å². The second kappa shape index (κ2) is 21.5. The summed E-state index contributed by atoms with van der Waals surface area (Å²) in [6, 6.07) is 7.07. The van der Waals surface area contributed by atoms with Crippen molar-refractivity contribution in [2.24, 2.45) is 28.3 Å². The molecule has 0 radical (unpaired) electrons. The Morgan fingerprint density at radius 1 is 1.00 bits per heavy atom. The molecule has 1 aliphatic heterocycles. The maximum atomic E-state index is 13.8. The summed E-state index contributed by atoms with van der Waals surface area (Å²) in [4.78, 5) is 79.8. The molecule has 1 heterocycles. The summed E-state index contributed by atoms with van der Waals surface area (Å²) >= 11 is 0. The van der Waals surface area contributed by atoms with Crippen LogP contribution in [-0.4, -0.2) is 77.3 Å². The van der Waals surface area contributed by atoms with Gasteiger partial charge < -0.3 is 37.8 Å². The molecule has 14 nitrogen and oxygen atoms in total. The molecule has 0 aliphatic carbocycles. The van der Waals surface area contributed by atoms with Crippen LogP contribution in [0.2, 0.25) is 0 Å². The SMILES string of the molecule is CC[C@@H]1NC(=O)[C@H](CCCN=C(N)N)CC(=O)[C@](C)(NC(=O)C(C)C)CCCCCCNC(=O)[C@H](c2ccccc2)NC1=O.O=C(O)C(F)(F)F. The molecule has 0 bridgehead atoms. The topological polar surface area (TPSA) is 235 Å². The van der Waals surface area contributed by atoms with Gasteiger partial charge in [0.1, 0.15) is 12.1 Å². The highest BCUT2D eigenvalue weighted by Gasteiger charge is 2.39. The Labute approximate surface area is 296 Å². The fraction of sp³-hybridized carbons (Fsp3) is 0.618. The van der Waals surface area contributed by atoms with Crippen LogP contribution in [0.5, 0.6) is 0 Å². The van der Waals surface area contributed by atoms with Gasteiger partial charge in [-0.15, -0.1) is 0 Å². The van der Waals surface area contributed by atoms with E-state index in [1.807, 2.05) is 6.07 Å². The lowest BCUT2D eigenvalue weighted by Crippen LogP contribution is -2.55. The highest BCUT2D eigenvalue weighted by atomic mass is 19.4. The number of hydrogen-bond acceptors (Lipinski definition) is 7. The van der Waals surface area contributed by atoms with Gasteiger partial charge >= 0.3 is 12.1 Å². The zero-order chi connectivity index (χ0) is 38.8. The minimum absolute atomic E-state index is 0.0704. The van der Waals surface area contributed by atoms with Crippen molar-refractivity contribution in [3.8, 4) is 0 Å². The molecule has 286 valence electrons. The molecule has 0 aromatic heterocycles. The van der Waals surface area contributed by atoms with Crippen LogP contribution in [0, 0.1) is 11.8 Å². The van der Waals surface area contributed by atoms with Crippen LogP contribution in [-0.2, 0) is 28.8 Å². The number of nitrogens with two attached hydrogens (primary N) is 2. The average Bonchev–Trinajstić information content (AvgIpc) is 3.06. The van der Waals surface area contributed by atoms with Crippen LogP contribution >= 0.6 is 0 Å². The standard InChI is InChI=1S/C32H51N7O5.C2HF3O2/c1-5-24-29(43)38-26(22-14-9-8-10-15-22)30(44)35-18-12-7-6-11-17-32(4,39-27(41)21(2)3)25(40)20-23(28(42)37-24)16-13-19-36-31(33)34;3-2(4,5)1(6)7/h8-10,14-15,21,23-24,26H,5-7,11-13,16-20H2,1-4H3,(H,35,44)(H,37,42)(H,38,43)(H,39,41)(H4,33,34,36);(H,6,7)/t23-,24+,26+,32-;/m1./s1. The molecular weight excluding hydrogens is 675 g/mol. The van der Waals surface area contributed by atoms with E-state index in [2.05, 4.69) is 26.3 Å². The number of halogens is 3. The number of ketones is 1. The Morgan fingerprint density at radius 3 is 2.16 bits per heavy atom. The van der Waals surface area contributed by atoms with Crippen LogP contribution in [0.3, 0.4) is 0 Å². The molecule has 1 aromatic rings. The fourth-order valence-electron chi connectivity index (χ4n) is 5.11. The number of carboxylic acid groups (broad SMARTS) is 1. The number of nitrogens with one attached hydrogen (secondary N) is 4. The lowest BCUT2D eigenvalue weighted by Gasteiger charge is -2.32. The molecule has 9 N–H and O–H groups in total. The van der Waals surface area contributed by atoms with Gasteiger partial charge in [0, 0.05) is 31.3 Å². The smallest absolute Gasteiger partial charge is 0.475 e. The maximum absolute atomic E-state index is 13.8. The molecule has 0 spiro atoms. The van der Waals surface area contributed by atoms with Crippen molar-refractivity contribution in [3.05, 3.63) is 35.9 Å². The van der Waals surface area contributed by atoms with Gasteiger partial charge in [-0.3, -0.25) is 29.0 Å². The number of alkyl halides is 3. The molecule has 2 rings (SSSR count). The number of Topliss-reactive ketones (excluding diaryl/α,β-unsaturated/α-hetero) is 1. The molecule has 0 saturated carbocycles. The van der Waals surface area contributed by atoms with E-state index in [1.54, 1.807) is 52.0 Å². The van der Waals surface area contributed by atoms with E-state index >= 15 is 0 Å². The molecule has 4 atom stereocenters. The minimum Gasteiger partial charge on any atom is -0.475 e. The van der Waals surface area contributed by atoms with Gasteiger partial charge in [0.25, 0.3) is 0 Å². The van der Waals surface area contributed by atoms with Gasteiger partial charge in [-0.1, -0.05) is 70.4 Å². The van der Waals surface area contributed by atoms with E-state index in [4.69, 9.17) is 21.4 Å². The van der Waals surface area contributed by atoms with Crippen molar-refractivity contribution in [1.29, 1.82) is 0 Å². The van der Waals surface area contributed by atoms with Crippen LogP contribution in [0.4, 0.5) is 13.2 Å². The zero-order valence-corrected chi connectivity index (χ0v) is 29.6. The molecule has 1 saturated heterocycles. The summed E-state index contributed by atoms with van der Waals surface area (Å²) < 4.78 is 31.7. The predicted octanol–water partition coefficient (Wildman–Crippen LogP) is 2.61. The second-order valence-electron chi connectivity index (χ2n) is 12.8. The molecule has 51 heavy (non-hydrogen) atoms. The number of carbonyl (C=O) groups is 6. The number of carboxylic acids is 1. The number of aliphatic imine (C=N–C) groups is 1. The van der Waals surface area contributed by atoms with Gasteiger partial charge in [0.15, 0.2) is 11.7 Å². The van der Waals surface area contributed by atoms with Crippen molar-refractivity contribution in [1.82, 2.24) is 21.3 Å². The van der Waals surface area contributed by atoms with Crippen molar-refractivity contribution in [2.75, 3.05) is 13.1 Å². The lowest BCUT2D eigenvalue weighted by atomic mass is 9.82. The Morgan fingerprint density at radius 2 is 1.61 bits per heavy atom. The molecule has 1 aromatic carbocycles. The highest BCUT2D eigenvalue weighted by molar-refractivity contribution is 5.97. The summed E-state index contributed by atoms with van der Waals surface area (Å²) in [5.74, 6) is -5.74. The van der Waals surface area contributed by atoms with Gasteiger partial charge in [-0.25, -0.2) is 4.79 Å². The number of guanidine groups is 1. The Kier molecular flexibility index (Phi) is 18.7. The van der Waals surface area contributed by atoms with E-state index in [0.717, 1.165) is 19.3 Å². The first kappa shape index (κ1) is 44.3. The van der Waals surface area contributed by atoms with E-state index in [0.29, 0.717) is 31.4 Å². The number of benzene rings is 1. The Balaban J connectivity index is 0.00000167. The monoisotopic (exact) mass is 727 g/mol. The van der Waals surface area contributed by atoms with E-state index < -0.39 is 47.5 Å². The molecule has 0 unspecified atom stereocenters. The molecule has 17 heteroatoms. The fourth-order valence-corrected chi connectivity index (χ4v) is 5.11. The molecular formula is C34H52F3N7O7. The predicted molar refractivity (Wildman–Crippen MR) is 184 cm³/mol. The van der Waals surface area contributed by atoms with Crippen molar-refractivity contribution < 1.29 is 47.0 Å². The third kappa shape index (κ3) is 16.2. The van der Waals surface area contributed by atoms with Crippen LogP contribution in [0.15, 0.2) is 35.3 Å². The van der Waals surface area contributed by atoms with Crippen LogP contribution in [0.1, 0.15) is 97.1 Å². The molecule has 1 fully saturated rings. The van der Waals surface area contributed by atoms with E-state index in [1.165, 1.54) is 0 Å². The summed E-state index contributed by atoms with van der Waals surface area (Å²) in [5.41, 5.74) is 10.4. The highest BCUT2D eigenvalue weighted by Crippen LogP contribution is 2.24. The average molecular weight is 728 g/mol. The first-order valence-corrected chi connectivity index (χ1v) is 17.0. The lowest BCUT2D eigenvalue weighted by molar-refractivity contribution is -0.192. The normalized spacial score (nSPS) is 22.9. The minimum atomic E-state index is -5.08. The molecule has 1 aliphatic rings. The third-order valence-corrected chi connectivity index (χ3v) is 8.21. The van der Waals surface area contributed by atoms with Crippen molar-refractivity contribution in [3.63, 3.8) is 0 Å². The number of nitrogens with zero attached hydrogens (tertiary/aromatic N) is 1. The van der Waals surface area contributed by atoms with E-state index in [-0.39, 0.29) is 55.3 Å². The second-order valence-corrected chi connectivity index (χ2v) is 12.8.